The molecule has 3 N–H and O–H groups in total. The third kappa shape index (κ3) is 1.34. The Hall–Kier alpha value is -0.870. The molecule has 0 aliphatic rings. The molecular formula is C6H7NO2S. The van der Waals surface area contributed by atoms with Gasteiger partial charge in [-0.05, 0) is 11.4 Å². The molecule has 3 nitrogen and oxygen atoms in total. The molecule has 10 heavy (non-hydrogen) atoms. The number of carboxylic acid groups (broad SMARTS) is 1. The summed E-state index contributed by atoms with van der Waals surface area (Å²) in [4.78, 5) is 11.0. The number of aliphatic carboxylic acids is 1. The number of hydrogen-bond acceptors (Lipinski definition) is 3. The summed E-state index contributed by atoms with van der Waals surface area (Å²) in [6.45, 7) is 0. The molecule has 4 heteroatoms. The van der Waals surface area contributed by atoms with Gasteiger partial charge < -0.3 is 15.6 Å². The number of hydrogen-bond donors (Lipinski definition) is 1. The third-order valence-corrected chi connectivity index (χ3v) is 2.16. The molecule has 1 heterocycles. The molecule has 0 unspecified atom stereocenters. The van der Waals surface area contributed by atoms with Crippen molar-refractivity contribution in [3.63, 3.8) is 0 Å². The number of thiophene rings is 1. The van der Waals surface area contributed by atoms with E-state index in [1.807, 2.05) is 5.38 Å². The number of carbonyl (C=O) groups is 1. The summed E-state index contributed by atoms with van der Waals surface area (Å²) in [7, 11) is 0. The van der Waals surface area contributed by atoms with Crippen LogP contribution in [0.25, 0.3) is 0 Å². The van der Waals surface area contributed by atoms with Crippen molar-refractivity contribution in [1.29, 1.82) is 0 Å². The molecule has 1 atom stereocenters. The van der Waals surface area contributed by atoms with E-state index in [4.69, 9.17) is 0 Å². The van der Waals surface area contributed by atoms with Crippen LogP contribution < -0.4 is 10.8 Å². The fourth-order valence-electron chi connectivity index (χ4n) is 0.606. The van der Waals surface area contributed by atoms with E-state index < -0.39 is 12.0 Å². The minimum atomic E-state index is -1.12. The maximum absolute atomic E-state index is 10.2. The molecule has 1 aromatic heterocycles. The van der Waals surface area contributed by atoms with Gasteiger partial charge in [0.15, 0.2) is 6.04 Å². The van der Waals surface area contributed by atoms with Crippen LogP contribution in [0.2, 0.25) is 0 Å². The third-order valence-electron chi connectivity index (χ3n) is 1.17. The Balaban J connectivity index is 2.77. The SMILES string of the molecule is [NH3+][C@H](C(=O)[O-])c1cccs1. The lowest BCUT2D eigenvalue weighted by Gasteiger charge is -2.04. The summed E-state index contributed by atoms with van der Waals surface area (Å²) < 4.78 is 0. The maximum atomic E-state index is 10.2. The Morgan fingerprint density at radius 3 is 2.90 bits per heavy atom. The quantitative estimate of drug-likeness (QED) is 0.584. The minimum absolute atomic E-state index is 0.722. The Morgan fingerprint density at radius 2 is 2.50 bits per heavy atom. The van der Waals surface area contributed by atoms with Crippen molar-refractivity contribution >= 4 is 17.3 Å². The van der Waals surface area contributed by atoms with Gasteiger partial charge in [-0.2, -0.15) is 0 Å². The van der Waals surface area contributed by atoms with E-state index >= 15 is 0 Å². The van der Waals surface area contributed by atoms with E-state index in [2.05, 4.69) is 5.73 Å². The molecule has 0 radical (unpaired) electrons. The molecular weight excluding hydrogens is 150 g/mol. The van der Waals surface area contributed by atoms with Crippen molar-refractivity contribution in [1.82, 2.24) is 0 Å². The highest BCUT2D eigenvalue weighted by Gasteiger charge is 2.10. The largest absolute Gasteiger partial charge is 0.544 e. The number of rotatable bonds is 2. The summed E-state index contributed by atoms with van der Waals surface area (Å²) in [5.74, 6) is -1.12. The molecule has 0 spiro atoms. The van der Waals surface area contributed by atoms with E-state index in [9.17, 15) is 9.90 Å². The molecule has 0 amide bonds. The predicted octanol–water partition coefficient (Wildman–Crippen LogP) is -1.22. The van der Waals surface area contributed by atoms with Crippen molar-refractivity contribution in [2.45, 2.75) is 6.04 Å². The highest BCUT2D eigenvalue weighted by molar-refractivity contribution is 7.10. The molecule has 0 aliphatic carbocycles. The summed E-state index contributed by atoms with van der Waals surface area (Å²) in [6, 6.07) is 2.80. The van der Waals surface area contributed by atoms with Crippen LogP contribution in [-0.4, -0.2) is 5.97 Å². The first-order valence-corrected chi connectivity index (χ1v) is 3.67. The van der Waals surface area contributed by atoms with Crippen molar-refractivity contribution in [2.24, 2.45) is 0 Å². The van der Waals surface area contributed by atoms with Gasteiger partial charge in [0.05, 0.1) is 4.88 Å². The van der Waals surface area contributed by atoms with Crippen LogP contribution in [0.3, 0.4) is 0 Å². The van der Waals surface area contributed by atoms with Gasteiger partial charge in [-0.1, -0.05) is 6.07 Å². The molecule has 1 aromatic rings. The highest BCUT2D eigenvalue weighted by atomic mass is 32.1. The highest BCUT2D eigenvalue weighted by Crippen LogP contribution is 2.13. The number of quaternary nitrogens is 1. The normalized spacial score (nSPS) is 12.9. The molecule has 0 aromatic carbocycles. The average Bonchev–Trinajstić information content (AvgIpc) is 2.36. The monoisotopic (exact) mass is 157 g/mol. The standard InChI is InChI=1S/C6H7NO2S/c7-5(6(8)9)4-2-1-3-10-4/h1-3,5H,7H2,(H,8,9)/t5-/m0/s1. The molecule has 54 valence electrons. The topological polar surface area (TPSA) is 67.8 Å². The van der Waals surface area contributed by atoms with Gasteiger partial charge in [-0.3, -0.25) is 0 Å². The van der Waals surface area contributed by atoms with E-state index in [1.54, 1.807) is 12.1 Å². The van der Waals surface area contributed by atoms with Crippen LogP contribution >= 0.6 is 11.3 Å². The molecule has 1 rings (SSSR count). The van der Waals surface area contributed by atoms with E-state index in [1.165, 1.54) is 11.3 Å². The molecule has 0 aliphatic heterocycles. The van der Waals surface area contributed by atoms with Crippen LogP contribution in [0, 0.1) is 0 Å². The predicted molar refractivity (Wildman–Crippen MR) is 35.0 cm³/mol. The lowest BCUT2D eigenvalue weighted by molar-refractivity contribution is -0.442. The first-order valence-electron chi connectivity index (χ1n) is 2.79. The van der Waals surface area contributed by atoms with Crippen molar-refractivity contribution in [2.75, 3.05) is 0 Å². The average molecular weight is 157 g/mol. The Morgan fingerprint density at radius 1 is 1.80 bits per heavy atom. The first-order chi connectivity index (χ1) is 4.72. The van der Waals surface area contributed by atoms with Crippen molar-refractivity contribution in [3.05, 3.63) is 22.4 Å². The van der Waals surface area contributed by atoms with E-state index in [-0.39, 0.29) is 0 Å². The Labute approximate surface area is 62.1 Å². The number of carboxylic acids is 1. The summed E-state index contributed by atoms with van der Waals surface area (Å²) >= 11 is 1.38. The second kappa shape index (κ2) is 2.81. The Bertz CT molecular complexity index is 220. The van der Waals surface area contributed by atoms with E-state index in [0.717, 1.165) is 4.88 Å². The van der Waals surface area contributed by atoms with Crippen LogP contribution in [0.15, 0.2) is 17.5 Å². The van der Waals surface area contributed by atoms with E-state index in [0.29, 0.717) is 0 Å². The molecule has 0 bridgehead atoms. The smallest absolute Gasteiger partial charge is 0.159 e. The van der Waals surface area contributed by atoms with Crippen LogP contribution in [0.5, 0.6) is 0 Å². The zero-order valence-electron chi connectivity index (χ0n) is 5.24. The van der Waals surface area contributed by atoms with Crippen molar-refractivity contribution < 1.29 is 15.6 Å². The number of carbonyl (C=O) groups excluding carboxylic acids is 1. The van der Waals surface area contributed by atoms with Gasteiger partial charge >= 0.3 is 0 Å². The van der Waals surface area contributed by atoms with Gasteiger partial charge in [0.1, 0.15) is 5.97 Å². The second-order valence-electron chi connectivity index (χ2n) is 1.89. The fraction of sp³-hybridized carbons (Fsp3) is 0.167. The second-order valence-corrected chi connectivity index (χ2v) is 2.87. The minimum Gasteiger partial charge on any atom is -0.544 e. The van der Waals surface area contributed by atoms with Crippen LogP contribution in [0.1, 0.15) is 10.9 Å². The van der Waals surface area contributed by atoms with Crippen molar-refractivity contribution in [3.8, 4) is 0 Å². The zero-order valence-corrected chi connectivity index (χ0v) is 6.06. The first kappa shape index (κ1) is 7.24. The lowest BCUT2D eigenvalue weighted by Crippen LogP contribution is -2.60. The van der Waals surface area contributed by atoms with Crippen LogP contribution in [-0.2, 0) is 4.79 Å². The summed E-state index contributed by atoms with van der Waals surface area (Å²) in [6.07, 6.45) is 0. The lowest BCUT2D eigenvalue weighted by atomic mass is 10.3. The van der Waals surface area contributed by atoms with Gasteiger partial charge in [-0.15, -0.1) is 11.3 Å². The fourth-order valence-corrected chi connectivity index (χ4v) is 1.34. The molecule has 0 saturated carbocycles. The van der Waals surface area contributed by atoms with Gasteiger partial charge in [0.25, 0.3) is 0 Å². The van der Waals surface area contributed by atoms with Gasteiger partial charge in [-0.25, -0.2) is 0 Å². The summed E-state index contributed by atoms with van der Waals surface area (Å²) in [5.41, 5.74) is 3.43. The Kier molecular flexibility index (Phi) is 2.03. The molecule has 0 saturated heterocycles. The maximum Gasteiger partial charge on any atom is 0.159 e. The van der Waals surface area contributed by atoms with Gasteiger partial charge in [0.2, 0.25) is 0 Å². The molecule has 0 fully saturated rings. The van der Waals surface area contributed by atoms with Crippen LogP contribution in [0.4, 0.5) is 0 Å². The summed E-state index contributed by atoms with van der Waals surface area (Å²) in [5, 5.41) is 12.0. The van der Waals surface area contributed by atoms with Gasteiger partial charge in [0, 0.05) is 0 Å². The zero-order chi connectivity index (χ0) is 7.56.